The zero-order chi connectivity index (χ0) is 16.0. The van der Waals surface area contributed by atoms with E-state index in [0.717, 1.165) is 30.0 Å². The summed E-state index contributed by atoms with van der Waals surface area (Å²) in [6.45, 7) is 11.8. The molecule has 23 heavy (non-hydrogen) atoms. The van der Waals surface area contributed by atoms with Crippen LogP contribution in [-0.4, -0.2) is 97.6 Å². The van der Waals surface area contributed by atoms with E-state index < -0.39 is 0 Å². The van der Waals surface area contributed by atoms with Crippen molar-refractivity contribution in [3.8, 4) is 0 Å². The number of hydrogen-bond donors (Lipinski definition) is 0. The molecule has 0 spiro atoms. The number of rotatable bonds is 6. The van der Waals surface area contributed by atoms with Gasteiger partial charge in [0.05, 0.1) is 0 Å². The van der Waals surface area contributed by atoms with Crippen molar-refractivity contribution in [3.05, 3.63) is 0 Å². The highest BCUT2D eigenvalue weighted by Crippen LogP contribution is 2.34. The molecule has 3 atom stereocenters. The normalized spacial score (nSPS) is 38.5. The molecule has 0 bridgehead atoms. The third-order valence-corrected chi connectivity index (χ3v) is 7.26. The Hall–Kier alpha value is -0.160. The van der Waals surface area contributed by atoms with Crippen LogP contribution in [0.4, 0.5) is 0 Å². The van der Waals surface area contributed by atoms with E-state index in [2.05, 4.69) is 40.6 Å². The Balaban J connectivity index is 1.16. The third-order valence-electron chi connectivity index (χ3n) is 7.26. The maximum Gasteiger partial charge on any atom is 0.0378 e. The Kier molecular flexibility index (Phi) is 4.70. The molecular weight excluding hydrogens is 284 g/mol. The van der Waals surface area contributed by atoms with Crippen molar-refractivity contribution in [1.29, 1.82) is 0 Å². The van der Waals surface area contributed by atoms with Crippen molar-refractivity contribution in [3.63, 3.8) is 0 Å². The second-order valence-corrected chi connectivity index (χ2v) is 8.90. The first-order valence-electron chi connectivity index (χ1n) is 10.0. The predicted octanol–water partition coefficient (Wildman–Crippen LogP) is 1.43. The summed E-state index contributed by atoms with van der Waals surface area (Å²) in [5.74, 6) is 1.97. The minimum absolute atomic E-state index is 0.847. The third kappa shape index (κ3) is 3.20. The summed E-state index contributed by atoms with van der Waals surface area (Å²) in [4.78, 5) is 10.6. The Morgan fingerprint density at radius 1 is 0.826 bits per heavy atom. The first-order chi connectivity index (χ1) is 11.1. The van der Waals surface area contributed by atoms with E-state index in [1.54, 1.807) is 0 Å². The summed E-state index contributed by atoms with van der Waals surface area (Å²) >= 11 is 0. The van der Waals surface area contributed by atoms with E-state index in [1.807, 2.05) is 0 Å². The van der Waals surface area contributed by atoms with Crippen LogP contribution in [0.3, 0.4) is 0 Å². The van der Waals surface area contributed by atoms with Crippen LogP contribution < -0.4 is 0 Å². The van der Waals surface area contributed by atoms with Crippen molar-refractivity contribution in [2.24, 2.45) is 11.8 Å². The average Bonchev–Trinajstić information content (AvgIpc) is 2.85. The summed E-state index contributed by atoms with van der Waals surface area (Å²) in [5.41, 5.74) is 0. The molecule has 0 aromatic carbocycles. The van der Waals surface area contributed by atoms with Crippen molar-refractivity contribution in [1.82, 2.24) is 19.6 Å². The lowest BCUT2D eigenvalue weighted by molar-refractivity contribution is -0.0715. The fourth-order valence-corrected chi connectivity index (χ4v) is 5.33. The van der Waals surface area contributed by atoms with Gasteiger partial charge in [0.15, 0.2) is 0 Å². The van der Waals surface area contributed by atoms with Crippen LogP contribution in [0, 0.1) is 11.8 Å². The molecule has 0 aliphatic carbocycles. The monoisotopic (exact) mass is 320 g/mol. The molecule has 4 rings (SSSR count). The minimum atomic E-state index is 0.847. The predicted molar refractivity (Wildman–Crippen MR) is 95.8 cm³/mol. The summed E-state index contributed by atoms with van der Waals surface area (Å²) in [6, 6.07) is 2.59. The highest BCUT2D eigenvalue weighted by atomic mass is 15.4. The molecule has 132 valence electrons. The lowest BCUT2D eigenvalue weighted by Gasteiger charge is -2.56. The van der Waals surface area contributed by atoms with E-state index in [0.29, 0.717) is 0 Å². The highest BCUT2D eigenvalue weighted by Gasteiger charge is 2.44. The Labute approximate surface area is 142 Å². The zero-order valence-electron chi connectivity index (χ0n) is 15.5. The number of likely N-dealkylation sites (tertiary alicyclic amines) is 4. The molecule has 4 fully saturated rings. The van der Waals surface area contributed by atoms with Gasteiger partial charge in [0, 0.05) is 57.4 Å². The van der Waals surface area contributed by atoms with E-state index >= 15 is 0 Å². The van der Waals surface area contributed by atoms with Gasteiger partial charge >= 0.3 is 0 Å². The molecule has 0 aromatic heterocycles. The van der Waals surface area contributed by atoms with Gasteiger partial charge in [0.25, 0.3) is 0 Å². The number of hydrogen-bond acceptors (Lipinski definition) is 4. The minimum Gasteiger partial charge on any atom is -0.305 e. The summed E-state index contributed by atoms with van der Waals surface area (Å²) in [7, 11) is 4.60. The van der Waals surface area contributed by atoms with Gasteiger partial charge in [-0.25, -0.2) is 0 Å². The van der Waals surface area contributed by atoms with Crippen LogP contribution in [0.5, 0.6) is 0 Å². The van der Waals surface area contributed by atoms with Gasteiger partial charge in [-0.15, -0.1) is 0 Å². The average molecular weight is 321 g/mol. The van der Waals surface area contributed by atoms with Crippen LogP contribution in [-0.2, 0) is 0 Å². The van der Waals surface area contributed by atoms with Crippen molar-refractivity contribution < 1.29 is 0 Å². The molecule has 3 unspecified atom stereocenters. The molecule has 4 nitrogen and oxygen atoms in total. The van der Waals surface area contributed by atoms with E-state index in [-0.39, 0.29) is 0 Å². The molecule has 0 saturated carbocycles. The SMILES string of the molecule is CCC1CN(C2CN(C)C2CCC2CN(C3CCN(C)C3)C2)C1. The van der Waals surface area contributed by atoms with Crippen LogP contribution >= 0.6 is 0 Å². The van der Waals surface area contributed by atoms with Crippen LogP contribution in [0.2, 0.25) is 0 Å². The van der Waals surface area contributed by atoms with Gasteiger partial charge in [-0.2, -0.15) is 0 Å². The van der Waals surface area contributed by atoms with Gasteiger partial charge in [-0.05, 0) is 51.7 Å². The van der Waals surface area contributed by atoms with Crippen LogP contribution in [0.15, 0.2) is 0 Å². The van der Waals surface area contributed by atoms with Gasteiger partial charge in [0.1, 0.15) is 0 Å². The topological polar surface area (TPSA) is 13.0 Å². The first-order valence-corrected chi connectivity index (χ1v) is 10.0. The highest BCUT2D eigenvalue weighted by molar-refractivity contribution is 5.01. The Morgan fingerprint density at radius 3 is 2.17 bits per heavy atom. The van der Waals surface area contributed by atoms with Gasteiger partial charge in [-0.3, -0.25) is 9.80 Å². The smallest absolute Gasteiger partial charge is 0.0378 e. The first kappa shape index (κ1) is 16.3. The summed E-state index contributed by atoms with van der Waals surface area (Å²) < 4.78 is 0. The quantitative estimate of drug-likeness (QED) is 0.734. The van der Waals surface area contributed by atoms with E-state index in [1.165, 1.54) is 71.5 Å². The second kappa shape index (κ2) is 6.62. The van der Waals surface area contributed by atoms with E-state index in [4.69, 9.17) is 0 Å². The van der Waals surface area contributed by atoms with Crippen molar-refractivity contribution >= 4 is 0 Å². The molecule has 0 N–H and O–H groups in total. The molecule has 4 aliphatic heterocycles. The van der Waals surface area contributed by atoms with Gasteiger partial charge < -0.3 is 9.80 Å². The number of nitrogens with zero attached hydrogens (tertiary/aromatic N) is 4. The fourth-order valence-electron chi connectivity index (χ4n) is 5.33. The largest absolute Gasteiger partial charge is 0.305 e. The molecule has 0 aromatic rings. The lowest BCUT2D eigenvalue weighted by atomic mass is 9.83. The van der Waals surface area contributed by atoms with Gasteiger partial charge in [0.2, 0.25) is 0 Å². The maximum atomic E-state index is 2.76. The van der Waals surface area contributed by atoms with Crippen molar-refractivity contribution in [2.45, 2.75) is 50.7 Å². The molecule has 0 amide bonds. The summed E-state index contributed by atoms with van der Waals surface area (Å²) in [6.07, 6.45) is 5.65. The molecular formula is C19H36N4. The standard InChI is InChI=1S/C19H36N4/c1-4-15-9-23(10-15)19-14-21(3)18(19)6-5-16-11-22(12-16)17-7-8-20(2)13-17/h15-19H,4-14H2,1-3H3. The molecule has 0 radical (unpaired) electrons. The molecule has 4 heterocycles. The number of likely N-dealkylation sites (N-methyl/N-ethyl adjacent to an activating group) is 2. The molecule has 4 heteroatoms. The maximum absolute atomic E-state index is 2.76. The van der Waals surface area contributed by atoms with E-state index in [9.17, 15) is 0 Å². The lowest BCUT2D eigenvalue weighted by Crippen LogP contribution is -2.69. The van der Waals surface area contributed by atoms with Gasteiger partial charge in [-0.1, -0.05) is 13.3 Å². The Morgan fingerprint density at radius 2 is 1.57 bits per heavy atom. The fraction of sp³-hybridized carbons (Fsp3) is 1.00. The van der Waals surface area contributed by atoms with Crippen LogP contribution in [0.1, 0.15) is 32.6 Å². The molecule has 4 saturated heterocycles. The molecule has 4 aliphatic rings. The summed E-state index contributed by atoms with van der Waals surface area (Å²) in [5, 5.41) is 0. The zero-order valence-corrected chi connectivity index (χ0v) is 15.5. The second-order valence-electron chi connectivity index (χ2n) is 8.90. The Bertz CT molecular complexity index is 402. The van der Waals surface area contributed by atoms with Crippen molar-refractivity contribution in [2.75, 3.05) is 59.9 Å². The van der Waals surface area contributed by atoms with Crippen LogP contribution in [0.25, 0.3) is 0 Å².